The summed E-state index contributed by atoms with van der Waals surface area (Å²) >= 11 is 0. The number of hydrogen-bond donors (Lipinski definition) is 1. The average Bonchev–Trinajstić information content (AvgIpc) is 3.45. The highest BCUT2D eigenvalue weighted by Crippen LogP contribution is 2.49. The maximum atomic E-state index is 13.6. The Hall–Kier alpha value is -3.21. The molecule has 1 heterocycles. The molecule has 0 radical (unpaired) electrons. The van der Waals surface area contributed by atoms with E-state index in [9.17, 15) is 9.59 Å². The van der Waals surface area contributed by atoms with Gasteiger partial charge >= 0.3 is 0 Å². The number of nitrogens with zero attached hydrogens (tertiary/aromatic N) is 2. The van der Waals surface area contributed by atoms with Crippen LogP contribution in [-0.4, -0.2) is 21.7 Å². The molecule has 1 amide bonds. The Labute approximate surface area is 188 Å². The van der Waals surface area contributed by atoms with E-state index < -0.39 is 0 Å². The summed E-state index contributed by atoms with van der Waals surface area (Å²) in [5, 5.41) is 7.77. The predicted molar refractivity (Wildman–Crippen MR) is 126 cm³/mol. The average molecular weight is 428 g/mol. The molecule has 32 heavy (non-hydrogen) atoms. The fraction of sp³-hybridized carbons (Fsp3) is 0.370. The molecule has 2 aliphatic carbocycles. The van der Waals surface area contributed by atoms with Gasteiger partial charge in [0.1, 0.15) is 5.56 Å². The molecule has 3 aromatic rings. The fourth-order valence-electron chi connectivity index (χ4n) is 5.82. The third-order valence-corrected chi connectivity index (χ3v) is 7.38. The zero-order chi connectivity index (χ0) is 22.2. The normalized spacial score (nSPS) is 22.6. The van der Waals surface area contributed by atoms with Gasteiger partial charge in [-0.15, -0.1) is 0 Å². The number of nitrogens with one attached hydrogen (secondary N) is 1. The molecule has 4 unspecified atom stereocenters. The number of amides is 1. The highest BCUT2D eigenvalue weighted by atomic mass is 16.2. The van der Waals surface area contributed by atoms with Gasteiger partial charge in [0, 0.05) is 24.2 Å². The maximum absolute atomic E-state index is 13.6. The van der Waals surface area contributed by atoms with E-state index in [2.05, 4.69) is 17.3 Å². The molecular formula is C27H29N3O2. The lowest BCUT2D eigenvalue weighted by molar-refractivity contribution is 0.0913. The molecule has 164 valence electrons. The highest BCUT2D eigenvalue weighted by Gasteiger charge is 2.42. The third kappa shape index (κ3) is 3.66. The number of carbonyl (C=O) groups is 1. The summed E-state index contributed by atoms with van der Waals surface area (Å²) in [6, 6.07) is 19.4. The van der Waals surface area contributed by atoms with Crippen molar-refractivity contribution in [2.24, 2.45) is 24.8 Å². The molecule has 4 atom stereocenters. The van der Waals surface area contributed by atoms with E-state index in [0.717, 1.165) is 17.0 Å². The SMILES string of the molecule is CC(NC(=O)c1c(-c2ccccc2)c(-c2ccccc2)nn(C)c1=O)C1CC2CCC1C2. The molecule has 1 aromatic heterocycles. The van der Waals surface area contributed by atoms with Crippen LogP contribution in [0, 0.1) is 17.8 Å². The van der Waals surface area contributed by atoms with Crippen LogP contribution in [0.15, 0.2) is 65.5 Å². The lowest BCUT2D eigenvalue weighted by atomic mass is 9.84. The summed E-state index contributed by atoms with van der Waals surface area (Å²) in [6.45, 7) is 2.09. The maximum Gasteiger partial charge on any atom is 0.280 e. The van der Waals surface area contributed by atoms with E-state index >= 15 is 0 Å². The lowest BCUT2D eigenvalue weighted by Crippen LogP contribution is -2.43. The van der Waals surface area contributed by atoms with Crippen molar-refractivity contribution in [2.45, 2.75) is 38.6 Å². The molecule has 2 bridgehead atoms. The molecule has 0 aliphatic heterocycles. The predicted octanol–water partition coefficient (Wildman–Crippen LogP) is 4.67. The van der Waals surface area contributed by atoms with Gasteiger partial charge in [0.25, 0.3) is 11.5 Å². The lowest BCUT2D eigenvalue weighted by Gasteiger charge is -2.28. The number of benzene rings is 2. The minimum absolute atomic E-state index is 0.0412. The largest absolute Gasteiger partial charge is 0.349 e. The Bertz CT molecular complexity index is 1190. The smallest absolute Gasteiger partial charge is 0.280 e. The molecule has 0 saturated heterocycles. The molecule has 1 N–H and O–H groups in total. The Morgan fingerprint density at radius 2 is 1.66 bits per heavy atom. The number of fused-ring (bicyclic) bond motifs is 2. The van der Waals surface area contributed by atoms with E-state index in [4.69, 9.17) is 0 Å². The van der Waals surface area contributed by atoms with Gasteiger partial charge in [0.15, 0.2) is 0 Å². The Morgan fingerprint density at radius 1 is 1.00 bits per heavy atom. The summed E-state index contributed by atoms with van der Waals surface area (Å²) in [4.78, 5) is 26.9. The van der Waals surface area contributed by atoms with Gasteiger partial charge in [-0.25, -0.2) is 4.68 Å². The first-order valence-electron chi connectivity index (χ1n) is 11.6. The van der Waals surface area contributed by atoms with Crippen LogP contribution in [0.1, 0.15) is 43.0 Å². The molecule has 5 rings (SSSR count). The second-order valence-electron chi connectivity index (χ2n) is 9.36. The summed E-state index contributed by atoms with van der Waals surface area (Å²) in [6.07, 6.45) is 5.06. The first kappa shape index (κ1) is 20.7. The van der Waals surface area contributed by atoms with Gasteiger partial charge in [-0.1, -0.05) is 67.1 Å². The number of aryl methyl sites for hydroxylation is 1. The Balaban J connectivity index is 1.60. The second kappa shape index (κ2) is 8.38. The minimum Gasteiger partial charge on any atom is -0.349 e. The van der Waals surface area contributed by atoms with Crippen molar-refractivity contribution in [3.05, 3.63) is 76.6 Å². The van der Waals surface area contributed by atoms with Crippen molar-refractivity contribution >= 4 is 5.91 Å². The molecule has 5 nitrogen and oxygen atoms in total. The molecule has 5 heteroatoms. The van der Waals surface area contributed by atoms with Crippen LogP contribution < -0.4 is 10.9 Å². The summed E-state index contributed by atoms with van der Waals surface area (Å²) in [5.74, 6) is 1.70. The standard InChI is InChI=1S/C27H29N3O2/c1-17(22-16-18-13-14-21(22)15-18)28-26(31)24-23(19-9-5-3-6-10-19)25(29-30(2)27(24)32)20-11-7-4-8-12-20/h3-12,17-18,21-22H,13-16H2,1-2H3,(H,28,31). The topological polar surface area (TPSA) is 64.0 Å². The number of hydrogen-bond acceptors (Lipinski definition) is 3. The molecular weight excluding hydrogens is 398 g/mol. The van der Waals surface area contributed by atoms with Crippen LogP contribution in [0.5, 0.6) is 0 Å². The van der Waals surface area contributed by atoms with Gasteiger partial charge in [0.05, 0.1) is 5.69 Å². The Morgan fingerprint density at radius 3 is 2.25 bits per heavy atom. The highest BCUT2D eigenvalue weighted by molar-refractivity contribution is 6.03. The fourth-order valence-corrected chi connectivity index (χ4v) is 5.82. The van der Waals surface area contributed by atoms with Crippen molar-refractivity contribution < 1.29 is 4.79 Å². The van der Waals surface area contributed by atoms with Gasteiger partial charge in [-0.2, -0.15) is 5.10 Å². The van der Waals surface area contributed by atoms with Crippen molar-refractivity contribution in [2.75, 3.05) is 0 Å². The monoisotopic (exact) mass is 427 g/mol. The van der Waals surface area contributed by atoms with Crippen molar-refractivity contribution in [3.8, 4) is 22.4 Å². The van der Waals surface area contributed by atoms with E-state index in [1.54, 1.807) is 7.05 Å². The van der Waals surface area contributed by atoms with E-state index in [1.165, 1.54) is 30.4 Å². The van der Waals surface area contributed by atoms with Crippen LogP contribution in [0.3, 0.4) is 0 Å². The van der Waals surface area contributed by atoms with Crippen molar-refractivity contribution in [1.29, 1.82) is 0 Å². The molecule has 2 aromatic carbocycles. The van der Waals surface area contributed by atoms with E-state index in [1.807, 2.05) is 60.7 Å². The third-order valence-electron chi connectivity index (χ3n) is 7.38. The first-order chi connectivity index (χ1) is 15.5. The van der Waals surface area contributed by atoms with Crippen LogP contribution in [0.25, 0.3) is 22.4 Å². The Kier molecular flexibility index (Phi) is 5.41. The zero-order valence-corrected chi connectivity index (χ0v) is 18.6. The number of rotatable bonds is 5. The van der Waals surface area contributed by atoms with Gasteiger partial charge in [0.2, 0.25) is 0 Å². The van der Waals surface area contributed by atoms with Crippen LogP contribution >= 0.6 is 0 Å². The van der Waals surface area contributed by atoms with Crippen molar-refractivity contribution in [1.82, 2.24) is 15.1 Å². The first-order valence-corrected chi connectivity index (χ1v) is 11.6. The minimum atomic E-state index is -0.374. The zero-order valence-electron chi connectivity index (χ0n) is 18.6. The molecule has 2 saturated carbocycles. The van der Waals surface area contributed by atoms with Crippen LogP contribution in [0.2, 0.25) is 0 Å². The molecule has 2 fully saturated rings. The van der Waals surface area contributed by atoms with E-state index in [0.29, 0.717) is 23.1 Å². The summed E-state index contributed by atoms with van der Waals surface area (Å²) in [7, 11) is 1.61. The van der Waals surface area contributed by atoms with Gasteiger partial charge in [-0.3, -0.25) is 9.59 Å². The van der Waals surface area contributed by atoms with E-state index in [-0.39, 0.29) is 23.1 Å². The van der Waals surface area contributed by atoms with Crippen LogP contribution in [-0.2, 0) is 7.05 Å². The molecule has 0 spiro atoms. The number of carbonyl (C=O) groups excluding carboxylic acids is 1. The quantitative estimate of drug-likeness (QED) is 0.644. The van der Waals surface area contributed by atoms with Gasteiger partial charge < -0.3 is 5.32 Å². The summed E-state index contributed by atoms with van der Waals surface area (Å²) < 4.78 is 1.28. The van der Waals surface area contributed by atoms with Crippen molar-refractivity contribution in [3.63, 3.8) is 0 Å². The summed E-state index contributed by atoms with van der Waals surface area (Å²) in [5.41, 5.74) is 2.71. The van der Waals surface area contributed by atoms with Crippen LogP contribution in [0.4, 0.5) is 0 Å². The molecule has 2 aliphatic rings. The second-order valence-corrected chi connectivity index (χ2v) is 9.36. The number of aromatic nitrogens is 2. The van der Waals surface area contributed by atoms with Gasteiger partial charge in [-0.05, 0) is 49.5 Å².